The highest BCUT2D eigenvalue weighted by atomic mass is 15.2. The monoisotopic (exact) mass is 383 g/mol. The van der Waals surface area contributed by atoms with Crippen molar-refractivity contribution in [3.63, 3.8) is 0 Å². The number of anilines is 1. The number of benzene rings is 3. The van der Waals surface area contributed by atoms with Crippen LogP contribution >= 0.6 is 0 Å². The van der Waals surface area contributed by atoms with Crippen LogP contribution in [0.15, 0.2) is 60.7 Å². The Bertz CT molecular complexity index is 1130. The van der Waals surface area contributed by atoms with E-state index in [1.165, 1.54) is 38.9 Å². The second kappa shape index (κ2) is 7.75. The van der Waals surface area contributed by atoms with Crippen LogP contribution in [0.2, 0.25) is 0 Å². The van der Waals surface area contributed by atoms with Crippen LogP contribution < -0.4 is 5.32 Å². The van der Waals surface area contributed by atoms with Gasteiger partial charge in [-0.05, 0) is 62.9 Å². The Kier molecular flexibility index (Phi) is 5.14. The zero-order chi connectivity index (χ0) is 20.5. The molecule has 1 N–H and O–H groups in total. The minimum atomic E-state index is 0.314. The average molecular weight is 384 g/mol. The lowest BCUT2D eigenvalue weighted by Gasteiger charge is -2.15. The molecule has 0 unspecified atom stereocenters. The van der Waals surface area contributed by atoms with Crippen LogP contribution in [-0.2, 0) is 6.54 Å². The largest absolute Gasteiger partial charge is 0.352 e. The molecule has 148 valence electrons. The summed E-state index contributed by atoms with van der Waals surface area (Å²) in [5.74, 6) is 0.925. The molecule has 0 saturated heterocycles. The van der Waals surface area contributed by atoms with Crippen LogP contribution in [0.3, 0.4) is 0 Å². The first-order valence-corrected chi connectivity index (χ1v) is 10.3. The van der Waals surface area contributed by atoms with Crippen LogP contribution in [0.25, 0.3) is 22.2 Å². The zero-order valence-corrected chi connectivity index (χ0v) is 18.0. The molecule has 0 aliphatic rings. The molecule has 0 saturated carbocycles. The van der Waals surface area contributed by atoms with Crippen molar-refractivity contribution in [3.8, 4) is 11.1 Å². The van der Waals surface area contributed by atoms with Gasteiger partial charge in [0.1, 0.15) is 0 Å². The highest BCUT2D eigenvalue weighted by Gasteiger charge is 2.18. The normalized spacial score (nSPS) is 11.4. The topological polar surface area (TPSA) is 29.9 Å². The van der Waals surface area contributed by atoms with Crippen molar-refractivity contribution in [3.05, 3.63) is 82.9 Å². The van der Waals surface area contributed by atoms with Crippen LogP contribution in [0.5, 0.6) is 0 Å². The molecule has 0 bridgehead atoms. The number of rotatable bonds is 5. The highest BCUT2D eigenvalue weighted by Crippen LogP contribution is 2.36. The molecule has 4 rings (SSSR count). The standard InChI is InChI=1S/C26H29N3/c1-17(2)29-23-13-9-12-22(24-19(4)14-18(3)15-20(24)5)25(23)28-26(29)27-16-21-10-7-6-8-11-21/h6-15,17H,16H2,1-5H3,(H,27,28). The number of aromatic nitrogens is 2. The summed E-state index contributed by atoms with van der Waals surface area (Å²) in [4.78, 5) is 5.08. The lowest BCUT2D eigenvalue weighted by molar-refractivity contribution is 0.622. The van der Waals surface area contributed by atoms with E-state index >= 15 is 0 Å². The second-order valence-corrected chi connectivity index (χ2v) is 8.19. The van der Waals surface area contributed by atoms with Gasteiger partial charge in [0.25, 0.3) is 0 Å². The number of nitrogens with one attached hydrogen (secondary N) is 1. The van der Waals surface area contributed by atoms with Gasteiger partial charge < -0.3 is 9.88 Å². The molecule has 3 aromatic carbocycles. The van der Waals surface area contributed by atoms with Crippen LogP contribution in [-0.4, -0.2) is 9.55 Å². The molecule has 0 radical (unpaired) electrons. The van der Waals surface area contributed by atoms with E-state index in [2.05, 4.69) is 99.1 Å². The van der Waals surface area contributed by atoms with Crippen LogP contribution in [0.1, 0.15) is 42.1 Å². The molecule has 1 heterocycles. The maximum Gasteiger partial charge on any atom is 0.204 e. The molecule has 3 heteroatoms. The van der Waals surface area contributed by atoms with Gasteiger partial charge in [-0.3, -0.25) is 0 Å². The number of nitrogens with zero attached hydrogens (tertiary/aromatic N) is 2. The summed E-state index contributed by atoms with van der Waals surface area (Å²) < 4.78 is 2.31. The van der Waals surface area contributed by atoms with E-state index in [9.17, 15) is 0 Å². The molecule has 29 heavy (non-hydrogen) atoms. The van der Waals surface area contributed by atoms with E-state index in [1.54, 1.807) is 0 Å². The van der Waals surface area contributed by atoms with Crippen molar-refractivity contribution in [2.75, 3.05) is 5.32 Å². The van der Waals surface area contributed by atoms with Crippen LogP contribution in [0.4, 0.5) is 5.95 Å². The summed E-state index contributed by atoms with van der Waals surface area (Å²) in [6.45, 7) is 11.7. The van der Waals surface area contributed by atoms with E-state index in [1.807, 2.05) is 6.07 Å². The Morgan fingerprint density at radius 3 is 2.24 bits per heavy atom. The Morgan fingerprint density at radius 2 is 1.59 bits per heavy atom. The average Bonchev–Trinajstić information content (AvgIpc) is 3.06. The lowest BCUT2D eigenvalue weighted by Crippen LogP contribution is -2.09. The third-order valence-corrected chi connectivity index (χ3v) is 5.48. The Balaban J connectivity index is 1.85. The van der Waals surface area contributed by atoms with Gasteiger partial charge in [-0.25, -0.2) is 4.98 Å². The maximum absolute atomic E-state index is 5.08. The summed E-state index contributed by atoms with van der Waals surface area (Å²) in [6.07, 6.45) is 0. The van der Waals surface area contributed by atoms with Crippen molar-refractivity contribution < 1.29 is 0 Å². The number of fused-ring (bicyclic) bond motifs is 1. The Labute approximate surface area is 173 Å². The van der Waals surface area contributed by atoms with E-state index in [4.69, 9.17) is 4.98 Å². The predicted molar refractivity (Wildman–Crippen MR) is 124 cm³/mol. The SMILES string of the molecule is Cc1cc(C)c(-c2cccc3c2nc(NCc2ccccc2)n3C(C)C)c(C)c1. The summed E-state index contributed by atoms with van der Waals surface area (Å²) in [5.41, 5.74) is 9.89. The third-order valence-electron chi connectivity index (χ3n) is 5.48. The number of imidazole rings is 1. The first-order chi connectivity index (χ1) is 14.0. The van der Waals surface area contributed by atoms with E-state index < -0.39 is 0 Å². The number of hydrogen-bond acceptors (Lipinski definition) is 2. The second-order valence-electron chi connectivity index (χ2n) is 8.19. The predicted octanol–water partition coefficient (Wildman–Crippen LogP) is 6.82. The fraction of sp³-hybridized carbons (Fsp3) is 0.269. The van der Waals surface area contributed by atoms with Crippen molar-refractivity contribution >= 4 is 17.0 Å². The molecule has 3 nitrogen and oxygen atoms in total. The van der Waals surface area contributed by atoms with Gasteiger partial charge >= 0.3 is 0 Å². The molecular formula is C26H29N3. The Morgan fingerprint density at radius 1 is 0.897 bits per heavy atom. The molecule has 0 aliphatic carbocycles. The number of aryl methyl sites for hydroxylation is 3. The molecule has 0 aliphatic heterocycles. The molecule has 0 amide bonds. The fourth-order valence-electron chi connectivity index (χ4n) is 4.35. The minimum Gasteiger partial charge on any atom is -0.352 e. The first kappa shape index (κ1) is 19.3. The van der Waals surface area contributed by atoms with Gasteiger partial charge in [-0.2, -0.15) is 0 Å². The summed E-state index contributed by atoms with van der Waals surface area (Å²) in [5, 5.41) is 3.57. The van der Waals surface area contributed by atoms with Crippen molar-refractivity contribution in [2.24, 2.45) is 0 Å². The summed E-state index contributed by atoms with van der Waals surface area (Å²) in [7, 11) is 0. The van der Waals surface area contributed by atoms with Gasteiger partial charge in [-0.1, -0.05) is 60.2 Å². The molecule has 4 aromatic rings. The number of para-hydroxylation sites is 1. The molecule has 1 aromatic heterocycles. The van der Waals surface area contributed by atoms with Gasteiger partial charge in [-0.15, -0.1) is 0 Å². The van der Waals surface area contributed by atoms with E-state index in [0.717, 1.165) is 18.0 Å². The Hall–Kier alpha value is -3.07. The van der Waals surface area contributed by atoms with Crippen molar-refractivity contribution in [1.82, 2.24) is 9.55 Å². The van der Waals surface area contributed by atoms with Crippen LogP contribution in [0, 0.1) is 20.8 Å². The minimum absolute atomic E-state index is 0.314. The lowest BCUT2D eigenvalue weighted by atomic mass is 9.93. The van der Waals surface area contributed by atoms with E-state index in [-0.39, 0.29) is 0 Å². The molecule has 0 spiro atoms. The quantitative estimate of drug-likeness (QED) is 0.410. The van der Waals surface area contributed by atoms with Crippen molar-refractivity contribution in [1.29, 1.82) is 0 Å². The molecule has 0 atom stereocenters. The third kappa shape index (κ3) is 3.65. The molecular weight excluding hydrogens is 354 g/mol. The van der Waals surface area contributed by atoms with E-state index in [0.29, 0.717) is 6.04 Å². The van der Waals surface area contributed by atoms with Gasteiger partial charge in [0.2, 0.25) is 5.95 Å². The summed E-state index contributed by atoms with van der Waals surface area (Å²) in [6, 6.07) is 21.8. The van der Waals surface area contributed by atoms with Gasteiger partial charge in [0.15, 0.2) is 0 Å². The fourth-order valence-corrected chi connectivity index (χ4v) is 4.35. The molecule has 0 fully saturated rings. The maximum atomic E-state index is 5.08. The highest BCUT2D eigenvalue weighted by molar-refractivity contribution is 5.95. The smallest absolute Gasteiger partial charge is 0.204 e. The van der Waals surface area contributed by atoms with Gasteiger partial charge in [0, 0.05) is 18.2 Å². The van der Waals surface area contributed by atoms with Crippen molar-refractivity contribution in [2.45, 2.75) is 47.2 Å². The van der Waals surface area contributed by atoms with Gasteiger partial charge in [0.05, 0.1) is 11.0 Å². The first-order valence-electron chi connectivity index (χ1n) is 10.3. The summed E-state index contributed by atoms with van der Waals surface area (Å²) >= 11 is 0. The number of hydrogen-bond donors (Lipinski definition) is 1. The zero-order valence-electron chi connectivity index (χ0n) is 18.0.